The van der Waals surface area contributed by atoms with E-state index in [2.05, 4.69) is 36.2 Å². The molecule has 0 aromatic carbocycles. The molecule has 6 nitrogen and oxygen atoms in total. The first-order chi connectivity index (χ1) is 9.79. The number of aryl methyl sites for hydroxylation is 2. The Hall–Kier alpha value is -1.56. The Morgan fingerprint density at radius 2 is 1.86 bits per heavy atom. The summed E-state index contributed by atoms with van der Waals surface area (Å²) in [7, 11) is 0. The third kappa shape index (κ3) is 2.90. The number of rotatable bonds is 4. The summed E-state index contributed by atoms with van der Waals surface area (Å²) in [4.78, 5) is 0. The highest BCUT2D eigenvalue weighted by molar-refractivity contribution is 6.31. The Balaban J connectivity index is 2.47. The molecular weight excluding hydrogens is 288 g/mol. The second kappa shape index (κ2) is 5.67. The van der Waals surface area contributed by atoms with Gasteiger partial charge < -0.3 is 5.73 Å². The van der Waals surface area contributed by atoms with Gasteiger partial charge in [0, 0.05) is 12.0 Å². The quantitative estimate of drug-likeness (QED) is 0.942. The van der Waals surface area contributed by atoms with Gasteiger partial charge in [0.05, 0.1) is 28.6 Å². The maximum absolute atomic E-state index is 6.46. The number of anilines is 1. The lowest BCUT2D eigenvalue weighted by Gasteiger charge is -2.20. The predicted molar refractivity (Wildman–Crippen MR) is 84.5 cm³/mol. The summed E-state index contributed by atoms with van der Waals surface area (Å²) in [6.07, 6.45) is 0.810. The summed E-state index contributed by atoms with van der Waals surface area (Å²) in [6.45, 7) is 11.7. The molecule has 0 saturated heterocycles. The van der Waals surface area contributed by atoms with Crippen LogP contribution in [0.1, 0.15) is 51.7 Å². The summed E-state index contributed by atoms with van der Waals surface area (Å²) in [5.74, 6) is 0.469. The Morgan fingerprint density at radius 1 is 1.19 bits per heavy atom. The van der Waals surface area contributed by atoms with Crippen molar-refractivity contribution in [1.82, 2.24) is 24.8 Å². The molecule has 0 aliphatic heterocycles. The fourth-order valence-electron chi connectivity index (χ4n) is 2.52. The molecule has 0 aliphatic rings. The highest BCUT2D eigenvalue weighted by atomic mass is 35.5. The van der Waals surface area contributed by atoms with Crippen LogP contribution in [-0.2, 0) is 24.9 Å². The molecule has 0 unspecified atom stereocenters. The Labute approximate surface area is 130 Å². The van der Waals surface area contributed by atoms with Crippen LogP contribution in [0.15, 0.2) is 0 Å². The minimum Gasteiger partial charge on any atom is -0.381 e. The topological polar surface area (TPSA) is 74.5 Å². The molecule has 0 saturated carbocycles. The van der Waals surface area contributed by atoms with Gasteiger partial charge in [-0.2, -0.15) is 5.10 Å². The van der Waals surface area contributed by atoms with Gasteiger partial charge in [-0.3, -0.25) is 4.68 Å². The first kappa shape index (κ1) is 15.8. The highest BCUT2D eigenvalue weighted by Gasteiger charge is 2.25. The largest absolute Gasteiger partial charge is 0.381 e. The molecule has 21 heavy (non-hydrogen) atoms. The van der Waals surface area contributed by atoms with Crippen molar-refractivity contribution in [3.8, 4) is 0 Å². The van der Waals surface area contributed by atoms with Crippen LogP contribution < -0.4 is 5.73 Å². The van der Waals surface area contributed by atoms with Gasteiger partial charge in [-0.15, -0.1) is 5.10 Å². The van der Waals surface area contributed by atoms with E-state index in [0.717, 1.165) is 30.0 Å². The number of nitrogen functional groups attached to an aromatic ring is 1. The van der Waals surface area contributed by atoms with Crippen LogP contribution in [0.2, 0.25) is 5.02 Å². The zero-order valence-electron chi connectivity index (χ0n) is 13.3. The van der Waals surface area contributed by atoms with Crippen LogP contribution in [0.4, 0.5) is 5.82 Å². The van der Waals surface area contributed by atoms with E-state index in [4.69, 9.17) is 17.3 Å². The zero-order chi connectivity index (χ0) is 15.8. The number of hydrogen-bond donors (Lipinski definition) is 1. The monoisotopic (exact) mass is 310 g/mol. The van der Waals surface area contributed by atoms with Gasteiger partial charge in [-0.05, 0) is 13.3 Å². The van der Waals surface area contributed by atoms with Gasteiger partial charge in [0.25, 0.3) is 0 Å². The van der Waals surface area contributed by atoms with Crippen LogP contribution >= 0.6 is 11.6 Å². The summed E-state index contributed by atoms with van der Waals surface area (Å²) < 4.78 is 3.75. The number of halogens is 1. The van der Waals surface area contributed by atoms with E-state index in [9.17, 15) is 0 Å². The average molecular weight is 311 g/mol. The second-order valence-corrected chi connectivity index (χ2v) is 6.49. The number of nitrogens with zero attached hydrogens (tertiary/aromatic N) is 5. The lowest BCUT2D eigenvalue weighted by molar-refractivity contribution is 0.487. The third-order valence-electron chi connectivity index (χ3n) is 3.47. The molecule has 116 valence electrons. The van der Waals surface area contributed by atoms with Crippen molar-refractivity contribution in [2.75, 3.05) is 5.73 Å². The van der Waals surface area contributed by atoms with E-state index in [1.165, 1.54) is 0 Å². The summed E-state index contributed by atoms with van der Waals surface area (Å²) in [6, 6.07) is 0. The van der Waals surface area contributed by atoms with Crippen LogP contribution in [0.25, 0.3) is 0 Å². The van der Waals surface area contributed by atoms with Crippen LogP contribution in [0.5, 0.6) is 0 Å². The summed E-state index contributed by atoms with van der Waals surface area (Å²) in [5, 5.41) is 13.4. The van der Waals surface area contributed by atoms with Crippen LogP contribution in [0.3, 0.4) is 0 Å². The molecule has 2 heterocycles. The molecule has 0 radical (unpaired) electrons. The normalized spacial score (nSPS) is 12.1. The molecule has 0 amide bonds. The maximum Gasteiger partial charge on any atom is 0.169 e. The summed E-state index contributed by atoms with van der Waals surface area (Å²) in [5.41, 5.74) is 8.62. The van der Waals surface area contributed by atoms with Gasteiger partial charge in [-0.25, -0.2) is 4.68 Å². The smallest absolute Gasteiger partial charge is 0.169 e. The van der Waals surface area contributed by atoms with E-state index in [0.29, 0.717) is 17.4 Å². The molecule has 0 spiro atoms. The van der Waals surface area contributed by atoms with Gasteiger partial charge in [0.2, 0.25) is 0 Å². The van der Waals surface area contributed by atoms with E-state index in [1.807, 2.05) is 23.2 Å². The summed E-state index contributed by atoms with van der Waals surface area (Å²) >= 11 is 6.46. The van der Waals surface area contributed by atoms with Crippen LogP contribution in [0, 0.1) is 0 Å². The van der Waals surface area contributed by atoms with Crippen LogP contribution in [-0.4, -0.2) is 24.8 Å². The fourth-order valence-corrected chi connectivity index (χ4v) is 2.85. The van der Waals surface area contributed by atoms with Crippen molar-refractivity contribution < 1.29 is 0 Å². The molecule has 0 bridgehead atoms. The first-order valence-corrected chi connectivity index (χ1v) is 7.60. The molecule has 2 rings (SSSR count). The lowest BCUT2D eigenvalue weighted by atomic mass is 9.92. The lowest BCUT2D eigenvalue weighted by Crippen LogP contribution is -2.21. The molecule has 0 aliphatic carbocycles. The number of hydrogen-bond acceptors (Lipinski definition) is 4. The molecule has 7 heteroatoms. The Kier molecular flexibility index (Phi) is 4.27. The first-order valence-electron chi connectivity index (χ1n) is 7.23. The minimum absolute atomic E-state index is 0.134. The Morgan fingerprint density at radius 3 is 2.38 bits per heavy atom. The molecule has 2 aromatic heterocycles. The second-order valence-electron chi connectivity index (χ2n) is 6.11. The standard InChI is InChI=1S/C14H23ClN6/c1-6-9-11(15)10(20(7-2)18-9)8-21-12(14(3,4)5)13(16)17-19-21/h6-8,16H2,1-5H3. The molecule has 2 N–H and O–H groups in total. The molecule has 2 aromatic rings. The third-order valence-corrected chi connectivity index (χ3v) is 3.90. The predicted octanol–water partition coefficient (Wildman–Crippen LogP) is 2.64. The van der Waals surface area contributed by atoms with Crippen molar-refractivity contribution >= 4 is 17.4 Å². The van der Waals surface area contributed by atoms with Crippen molar-refractivity contribution in [3.63, 3.8) is 0 Å². The van der Waals surface area contributed by atoms with E-state index >= 15 is 0 Å². The van der Waals surface area contributed by atoms with Gasteiger partial charge in [0.1, 0.15) is 0 Å². The highest BCUT2D eigenvalue weighted by Crippen LogP contribution is 2.28. The van der Waals surface area contributed by atoms with E-state index in [1.54, 1.807) is 0 Å². The van der Waals surface area contributed by atoms with E-state index < -0.39 is 0 Å². The molecule has 0 fully saturated rings. The van der Waals surface area contributed by atoms with Crippen molar-refractivity contribution in [1.29, 1.82) is 0 Å². The SMILES string of the molecule is CCc1nn(CC)c(Cn2nnc(N)c2C(C)(C)C)c1Cl. The Bertz CT molecular complexity index is 635. The van der Waals surface area contributed by atoms with Crippen molar-refractivity contribution in [2.45, 2.75) is 59.5 Å². The van der Waals surface area contributed by atoms with Gasteiger partial charge in [-0.1, -0.05) is 44.5 Å². The van der Waals surface area contributed by atoms with Crippen molar-refractivity contribution in [2.24, 2.45) is 0 Å². The average Bonchev–Trinajstić information content (AvgIpc) is 2.91. The van der Waals surface area contributed by atoms with Crippen molar-refractivity contribution in [3.05, 3.63) is 22.1 Å². The minimum atomic E-state index is -0.134. The van der Waals surface area contributed by atoms with Gasteiger partial charge in [0.15, 0.2) is 5.82 Å². The molecular formula is C14H23ClN6. The van der Waals surface area contributed by atoms with E-state index in [-0.39, 0.29) is 5.41 Å². The zero-order valence-corrected chi connectivity index (χ0v) is 14.1. The fraction of sp³-hybridized carbons (Fsp3) is 0.643. The maximum atomic E-state index is 6.46. The van der Waals surface area contributed by atoms with Gasteiger partial charge >= 0.3 is 0 Å². The number of nitrogens with two attached hydrogens (primary N) is 1. The molecule has 0 atom stereocenters. The number of aromatic nitrogens is 5.